The molecule has 3 nitrogen and oxygen atoms in total. The highest BCUT2D eigenvalue weighted by atomic mass is 16.2. The van der Waals surface area contributed by atoms with Crippen LogP contribution in [0.4, 0.5) is 0 Å². The first-order chi connectivity index (χ1) is 7.20. The molecule has 1 saturated heterocycles. The van der Waals surface area contributed by atoms with Crippen LogP contribution in [0.2, 0.25) is 0 Å². The molecule has 82 valence electrons. The SMILES string of the molecule is O=C1CCN(CC2(C3CC3)CC2)C(=O)C1. The monoisotopic (exact) mass is 207 g/mol. The zero-order chi connectivity index (χ0) is 10.5. The van der Waals surface area contributed by atoms with Crippen LogP contribution in [-0.2, 0) is 9.59 Å². The van der Waals surface area contributed by atoms with Crippen LogP contribution in [0.15, 0.2) is 0 Å². The lowest BCUT2D eigenvalue weighted by atomic mass is 9.98. The summed E-state index contributed by atoms with van der Waals surface area (Å²) in [5.41, 5.74) is 0.482. The highest BCUT2D eigenvalue weighted by molar-refractivity contribution is 6.00. The van der Waals surface area contributed by atoms with Crippen molar-refractivity contribution >= 4 is 11.7 Å². The van der Waals surface area contributed by atoms with E-state index in [0.29, 0.717) is 18.4 Å². The van der Waals surface area contributed by atoms with Crippen LogP contribution in [0.1, 0.15) is 38.5 Å². The van der Waals surface area contributed by atoms with Gasteiger partial charge in [-0.15, -0.1) is 0 Å². The van der Waals surface area contributed by atoms with Gasteiger partial charge in [0.2, 0.25) is 5.91 Å². The number of Topliss-reactive ketones (excluding diaryl/α,β-unsaturated/α-hetero) is 1. The van der Waals surface area contributed by atoms with Gasteiger partial charge in [0.25, 0.3) is 0 Å². The molecule has 2 aliphatic carbocycles. The fourth-order valence-electron chi connectivity index (χ4n) is 2.85. The van der Waals surface area contributed by atoms with Gasteiger partial charge >= 0.3 is 0 Å². The second-order valence-electron chi connectivity index (χ2n) is 5.42. The number of rotatable bonds is 3. The highest BCUT2D eigenvalue weighted by Crippen LogP contribution is 2.61. The van der Waals surface area contributed by atoms with Crippen LogP contribution >= 0.6 is 0 Å². The van der Waals surface area contributed by atoms with Crippen molar-refractivity contribution in [2.75, 3.05) is 13.1 Å². The summed E-state index contributed by atoms with van der Waals surface area (Å²) in [6, 6.07) is 0. The number of hydrogen-bond acceptors (Lipinski definition) is 2. The summed E-state index contributed by atoms with van der Waals surface area (Å²) in [5.74, 6) is 1.08. The molecule has 3 heteroatoms. The molecule has 3 rings (SSSR count). The second-order valence-corrected chi connectivity index (χ2v) is 5.42. The number of nitrogens with zero attached hydrogens (tertiary/aromatic N) is 1. The van der Waals surface area contributed by atoms with Crippen LogP contribution < -0.4 is 0 Å². The summed E-state index contributed by atoms with van der Waals surface area (Å²) in [7, 11) is 0. The first-order valence-corrected chi connectivity index (χ1v) is 5.99. The number of ketones is 1. The molecule has 2 saturated carbocycles. The molecule has 3 fully saturated rings. The summed E-state index contributed by atoms with van der Waals surface area (Å²) in [5, 5.41) is 0. The van der Waals surface area contributed by atoms with Crippen LogP contribution in [0.25, 0.3) is 0 Å². The van der Waals surface area contributed by atoms with E-state index in [2.05, 4.69) is 0 Å². The second kappa shape index (κ2) is 3.06. The van der Waals surface area contributed by atoms with Crippen LogP contribution in [0.5, 0.6) is 0 Å². The van der Waals surface area contributed by atoms with E-state index in [0.717, 1.165) is 12.5 Å². The first kappa shape index (κ1) is 9.37. The van der Waals surface area contributed by atoms with Crippen LogP contribution in [0.3, 0.4) is 0 Å². The van der Waals surface area contributed by atoms with Gasteiger partial charge in [-0.25, -0.2) is 0 Å². The summed E-state index contributed by atoms with van der Waals surface area (Å²) < 4.78 is 0. The number of amides is 1. The number of hydrogen-bond donors (Lipinski definition) is 0. The van der Waals surface area contributed by atoms with E-state index in [1.54, 1.807) is 0 Å². The maximum atomic E-state index is 11.7. The predicted octanol–water partition coefficient (Wildman–Crippen LogP) is 1.37. The molecule has 1 heterocycles. The van der Waals surface area contributed by atoms with Gasteiger partial charge in [0.05, 0.1) is 6.42 Å². The van der Waals surface area contributed by atoms with Crippen molar-refractivity contribution < 1.29 is 9.59 Å². The first-order valence-electron chi connectivity index (χ1n) is 5.99. The Morgan fingerprint density at radius 3 is 2.53 bits per heavy atom. The lowest BCUT2D eigenvalue weighted by Gasteiger charge is -2.30. The molecule has 3 aliphatic rings. The Kier molecular flexibility index (Phi) is 1.91. The molecule has 15 heavy (non-hydrogen) atoms. The molecule has 0 N–H and O–H groups in total. The minimum atomic E-state index is 0.0678. The highest BCUT2D eigenvalue weighted by Gasteiger charge is 2.54. The van der Waals surface area contributed by atoms with Crippen molar-refractivity contribution in [3.05, 3.63) is 0 Å². The Morgan fingerprint density at radius 1 is 1.27 bits per heavy atom. The molecule has 0 bridgehead atoms. The summed E-state index contributed by atoms with van der Waals surface area (Å²) in [4.78, 5) is 24.7. The van der Waals surface area contributed by atoms with Crippen LogP contribution in [0, 0.1) is 11.3 Å². The normalized spacial score (nSPS) is 29.5. The summed E-state index contributed by atoms with van der Waals surface area (Å²) in [6.07, 6.45) is 6.06. The Balaban J connectivity index is 1.63. The van der Waals surface area contributed by atoms with Gasteiger partial charge in [-0.3, -0.25) is 9.59 Å². The average molecular weight is 207 g/mol. The van der Waals surface area contributed by atoms with Gasteiger partial charge in [-0.05, 0) is 37.0 Å². The van der Waals surface area contributed by atoms with Gasteiger partial charge in [0.15, 0.2) is 0 Å². The van der Waals surface area contributed by atoms with Gasteiger partial charge in [0.1, 0.15) is 5.78 Å². The summed E-state index contributed by atoms with van der Waals surface area (Å²) >= 11 is 0. The molecule has 1 aliphatic heterocycles. The van der Waals surface area contributed by atoms with E-state index in [4.69, 9.17) is 0 Å². The Morgan fingerprint density at radius 2 is 2.00 bits per heavy atom. The predicted molar refractivity (Wildman–Crippen MR) is 55.2 cm³/mol. The lowest BCUT2D eigenvalue weighted by molar-refractivity contribution is -0.140. The van der Waals surface area contributed by atoms with E-state index < -0.39 is 0 Å². The molecule has 0 spiro atoms. The smallest absolute Gasteiger partial charge is 0.230 e. The molecular formula is C12H17NO2. The van der Waals surface area contributed by atoms with Gasteiger partial charge in [-0.2, -0.15) is 0 Å². The maximum absolute atomic E-state index is 11.7. The van der Waals surface area contributed by atoms with E-state index in [-0.39, 0.29) is 18.1 Å². The van der Waals surface area contributed by atoms with Crippen molar-refractivity contribution in [3.63, 3.8) is 0 Å². The van der Waals surface area contributed by atoms with Crippen molar-refractivity contribution in [1.29, 1.82) is 0 Å². The quantitative estimate of drug-likeness (QED) is 0.655. The standard InChI is InChI=1S/C12H17NO2/c14-10-3-6-13(11(15)7-10)8-12(4-5-12)9-1-2-9/h9H,1-8H2. The van der Waals surface area contributed by atoms with E-state index in [1.807, 2.05) is 4.90 Å². The minimum absolute atomic E-state index is 0.0678. The van der Waals surface area contributed by atoms with Gasteiger partial charge in [-0.1, -0.05) is 0 Å². The molecular weight excluding hydrogens is 190 g/mol. The molecule has 1 amide bonds. The Hall–Kier alpha value is -0.860. The zero-order valence-electron chi connectivity index (χ0n) is 9.00. The van der Waals surface area contributed by atoms with Crippen LogP contribution in [-0.4, -0.2) is 29.7 Å². The molecule has 0 radical (unpaired) electrons. The Bertz CT molecular complexity index is 316. The molecule has 0 atom stereocenters. The molecule has 0 aromatic rings. The van der Waals surface area contributed by atoms with Crippen molar-refractivity contribution in [3.8, 4) is 0 Å². The molecule has 0 unspecified atom stereocenters. The third kappa shape index (κ3) is 1.68. The molecule has 0 aromatic heterocycles. The third-order valence-electron chi connectivity index (χ3n) is 4.20. The van der Waals surface area contributed by atoms with E-state index in [1.165, 1.54) is 25.7 Å². The van der Waals surface area contributed by atoms with Gasteiger partial charge < -0.3 is 4.90 Å². The third-order valence-corrected chi connectivity index (χ3v) is 4.20. The van der Waals surface area contributed by atoms with Crippen molar-refractivity contribution in [2.45, 2.75) is 38.5 Å². The fourth-order valence-corrected chi connectivity index (χ4v) is 2.85. The summed E-state index contributed by atoms with van der Waals surface area (Å²) in [6.45, 7) is 1.61. The minimum Gasteiger partial charge on any atom is -0.341 e. The number of piperidine rings is 1. The van der Waals surface area contributed by atoms with E-state index in [9.17, 15) is 9.59 Å². The topological polar surface area (TPSA) is 37.4 Å². The maximum Gasteiger partial charge on any atom is 0.230 e. The number of carbonyl (C=O) groups excluding carboxylic acids is 2. The zero-order valence-corrected chi connectivity index (χ0v) is 9.00. The van der Waals surface area contributed by atoms with Crippen molar-refractivity contribution in [2.24, 2.45) is 11.3 Å². The fraction of sp³-hybridized carbons (Fsp3) is 0.833. The largest absolute Gasteiger partial charge is 0.341 e. The van der Waals surface area contributed by atoms with E-state index >= 15 is 0 Å². The van der Waals surface area contributed by atoms with Gasteiger partial charge in [0, 0.05) is 19.5 Å². The number of likely N-dealkylation sites (tertiary alicyclic amines) is 1. The lowest BCUT2D eigenvalue weighted by Crippen LogP contribution is -2.42. The Labute approximate surface area is 89.8 Å². The average Bonchev–Trinajstić information content (AvgIpc) is 2.99. The number of carbonyl (C=O) groups is 2. The van der Waals surface area contributed by atoms with Crippen molar-refractivity contribution in [1.82, 2.24) is 4.90 Å². The molecule has 0 aromatic carbocycles.